The van der Waals surface area contributed by atoms with E-state index in [9.17, 15) is 5.11 Å². The first-order valence-electron chi connectivity index (χ1n) is 4.76. The molecule has 0 unspecified atom stereocenters. The Bertz CT molecular complexity index is 256. The SMILES string of the molecule is C=O.CC(C)CCc1ccccc1O. The smallest absolute Gasteiger partial charge is 0.118 e. The fourth-order valence-corrected chi connectivity index (χ4v) is 1.17. The molecule has 78 valence electrons. The Balaban J connectivity index is 0.000000791. The Labute approximate surface area is 85.6 Å². The maximum Gasteiger partial charge on any atom is 0.118 e. The maximum absolute atomic E-state index is 9.42. The van der Waals surface area contributed by atoms with Crippen molar-refractivity contribution in [2.24, 2.45) is 5.92 Å². The maximum atomic E-state index is 9.42. The van der Waals surface area contributed by atoms with E-state index in [2.05, 4.69) is 13.8 Å². The van der Waals surface area contributed by atoms with Gasteiger partial charge in [0.25, 0.3) is 0 Å². The molecule has 0 aliphatic heterocycles. The lowest BCUT2D eigenvalue weighted by Gasteiger charge is -2.05. The molecule has 14 heavy (non-hydrogen) atoms. The van der Waals surface area contributed by atoms with Crippen LogP contribution in [0.25, 0.3) is 0 Å². The lowest BCUT2D eigenvalue weighted by molar-refractivity contribution is -0.0979. The van der Waals surface area contributed by atoms with Crippen molar-refractivity contribution in [3.63, 3.8) is 0 Å². The fraction of sp³-hybridized carbons (Fsp3) is 0.417. The number of phenolic OH excluding ortho intramolecular Hbond substituents is 1. The molecule has 0 saturated carbocycles. The first-order valence-corrected chi connectivity index (χ1v) is 4.76. The van der Waals surface area contributed by atoms with Crippen LogP contribution in [-0.2, 0) is 11.2 Å². The number of hydrogen-bond donors (Lipinski definition) is 1. The van der Waals surface area contributed by atoms with Crippen molar-refractivity contribution >= 4 is 6.79 Å². The zero-order valence-electron chi connectivity index (χ0n) is 8.86. The zero-order valence-corrected chi connectivity index (χ0v) is 8.86. The second kappa shape index (κ2) is 7.13. The molecule has 0 atom stereocenters. The first-order chi connectivity index (χ1) is 6.70. The standard InChI is InChI=1S/C11H16O.CH2O/c1-9(2)7-8-10-5-3-4-6-11(10)12;1-2/h3-6,9,12H,7-8H2,1-2H3;1H2. The molecule has 0 aliphatic carbocycles. The minimum Gasteiger partial charge on any atom is -0.508 e. The summed E-state index contributed by atoms with van der Waals surface area (Å²) in [6.07, 6.45) is 2.11. The lowest BCUT2D eigenvalue weighted by atomic mass is 10.0. The van der Waals surface area contributed by atoms with Crippen molar-refractivity contribution in [2.45, 2.75) is 26.7 Å². The molecule has 0 radical (unpaired) electrons. The highest BCUT2D eigenvalue weighted by atomic mass is 16.3. The van der Waals surface area contributed by atoms with Crippen molar-refractivity contribution < 1.29 is 9.90 Å². The molecule has 0 heterocycles. The Morgan fingerprint density at radius 2 is 1.86 bits per heavy atom. The van der Waals surface area contributed by atoms with Gasteiger partial charge in [-0.25, -0.2) is 0 Å². The van der Waals surface area contributed by atoms with E-state index in [1.165, 1.54) is 0 Å². The number of hydrogen-bond acceptors (Lipinski definition) is 2. The molecule has 1 aromatic carbocycles. The largest absolute Gasteiger partial charge is 0.508 e. The van der Waals surface area contributed by atoms with E-state index in [1.54, 1.807) is 6.07 Å². The van der Waals surface area contributed by atoms with E-state index in [4.69, 9.17) is 4.79 Å². The number of phenols is 1. The van der Waals surface area contributed by atoms with Crippen LogP contribution in [0, 0.1) is 5.92 Å². The van der Waals surface area contributed by atoms with Crippen molar-refractivity contribution in [3.8, 4) is 5.75 Å². The number of para-hydroxylation sites is 1. The minimum absolute atomic E-state index is 0.429. The number of rotatable bonds is 3. The molecule has 0 saturated heterocycles. The van der Waals surface area contributed by atoms with Crippen molar-refractivity contribution in [2.75, 3.05) is 0 Å². The normalized spacial score (nSPS) is 9.36. The molecule has 0 spiro atoms. The predicted molar refractivity (Wildman–Crippen MR) is 58.4 cm³/mol. The van der Waals surface area contributed by atoms with E-state index in [1.807, 2.05) is 25.0 Å². The van der Waals surface area contributed by atoms with E-state index < -0.39 is 0 Å². The average molecular weight is 194 g/mol. The first kappa shape index (κ1) is 12.7. The number of carbonyl (C=O) groups is 1. The van der Waals surface area contributed by atoms with Gasteiger partial charge in [0.15, 0.2) is 0 Å². The summed E-state index contributed by atoms with van der Waals surface area (Å²) in [7, 11) is 0. The Kier molecular flexibility index (Phi) is 6.46. The highest BCUT2D eigenvalue weighted by molar-refractivity contribution is 5.31. The predicted octanol–water partition coefficient (Wildman–Crippen LogP) is 2.80. The van der Waals surface area contributed by atoms with E-state index >= 15 is 0 Å². The van der Waals surface area contributed by atoms with Crippen molar-refractivity contribution in [3.05, 3.63) is 29.8 Å². The molecule has 0 aliphatic rings. The third-order valence-corrected chi connectivity index (χ3v) is 1.98. The summed E-state index contributed by atoms with van der Waals surface area (Å²) in [4.78, 5) is 8.00. The van der Waals surface area contributed by atoms with Crippen LogP contribution in [0.5, 0.6) is 5.75 Å². The van der Waals surface area contributed by atoms with E-state index in [-0.39, 0.29) is 0 Å². The highest BCUT2D eigenvalue weighted by Crippen LogP contribution is 2.18. The zero-order chi connectivity index (χ0) is 11.0. The Morgan fingerprint density at radius 1 is 1.29 bits per heavy atom. The van der Waals surface area contributed by atoms with Crippen molar-refractivity contribution in [1.82, 2.24) is 0 Å². The summed E-state index contributed by atoms with van der Waals surface area (Å²) in [6.45, 7) is 6.39. The summed E-state index contributed by atoms with van der Waals surface area (Å²) >= 11 is 0. The van der Waals surface area contributed by atoms with Crippen LogP contribution in [0.2, 0.25) is 0 Å². The van der Waals surface area contributed by atoms with E-state index in [0.29, 0.717) is 11.7 Å². The van der Waals surface area contributed by atoms with Crippen LogP contribution in [0.1, 0.15) is 25.8 Å². The quantitative estimate of drug-likeness (QED) is 0.803. The fourth-order valence-electron chi connectivity index (χ4n) is 1.17. The van der Waals surface area contributed by atoms with Gasteiger partial charge >= 0.3 is 0 Å². The van der Waals surface area contributed by atoms with Crippen molar-refractivity contribution in [1.29, 1.82) is 0 Å². The van der Waals surface area contributed by atoms with Gasteiger partial charge in [-0.2, -0.15) is 0 Å². The highest BCUT2D eigenvalue weighted by Gasteiger charge is 2.00. The van der Waals surface area contributed by atoms with Crippen LogP contribution in [-0.4, -0.2) is 11.9 Å². The minimum atomic E-state index is 0.429. The van der Waals surface area contributed by atoms with Crippen LogP contribution in [0.3, 0.4) is 0 Å². The molecular formula is C12H18O2. The van der Waals surface area contributed by atoms with Crippen LogP contribution < -0.4 is 0 Å². The molecule has 1 N–H and O–H groups in total. The lowest BCUT2D eigenvalue weighted by Crippen LogP contribution is -1.91. The van der Waals surface area contributed by atoms with Gasteiger partial charge in [0.05, 0.1) is 0 Å². The third kappa shape index (κ3) is 4.65. The molecule has 2 heteroatoms. The Morgan fingerprint density at radius 3 is 2.36 bits per heavy atom. The summed E-state index contributed by atoms with van der Waals surface area (Å²) in [6, 6.07) is 7.55. The molecule has 1 aromatic rings. The number of aryl methyl sites for hydroxylation is 1. The average Bonchev–Trinajstić information content (AvgIpc) is 2.19. The molecule has 0 fully saturated rings. The molecule has 2 nitrogen and oxygen atoms in total. The number of benzene rings is 1. The van der Waals surface area contributed by atoms with Gasteiger partial charge < -0.3 is 9.90 Å². The number of carbonyl (C=O) groups excluding carboxylic acids is 1. The van der Waals surface area contributed by atoms with Gasteiger partial charge in [-0.1, -0.05) is 32.0 Å². The topological polar surface area (TPSA) is 37.3 Å². The summed E-state index contributed by atoms with van der Waals surface area (Å²) in [5.74, 6) is 1.13. The third-order valence-electron chi connectivity index (χ3n) is 1.98. The summed E-state index contributed by atoms with van der Waals surface area (Å²) in [5.41, 5.74) is 1.06. The molecule has 1 rings (SSSR count). The van der Waals surface area contributed by atoms with Crippen LogP contribution >= 0.6 is 0 Å². The molecule has 0 aromatic heterocycles. The summed E-state index contributed by atoms with van der Waals surface area (Å²) < 4.78 is 0. The number of aromatic hydroxyl groups is 1. The van der Waals surface area contributed by atoms with Gasteiger partial charge in [0.1, 0.15) is 12.5 Å². The Hall–Kier alpha value is -1.31. The molecule has 0 amide bonds. The van der Waals surface area contributed by atoms with Gasteiger partial charge in [-0.3, -0.25) is 0 Å². The van der Waals surface area contributed by atoms with E-state index in [0.717, 1.165) is 18.4 Å². The second-order valence-corrected chi connectivity index (χ2v) is 3.56. The van der Waals surface area contributed by atoms with Gasteiger partial charge in [0.2, 0.25) is 0 Å². The summed E-state index contributed by atoms with van der Waals surface area (Å²) in [5, 5.41) is 9.42. The molecule has 0 bridgehead atoms. The van der Waals surface area contributed by atoms with Crippen LogP contribution in [0.15, 0.2) is 24.3 Å². The van der Waals surface area contributed by atoms with Gasteiger partial charge in [-0.15, -0.1) is 0 Å². The second-order valence-electron chi connectivity index (χ2n) is 3.56. The van der Waals surface area contributed by atoms with Gasteiger partial charge in [-0.05, 0) is 30.4 Å². The molecular weight excluding hydrogens is 176 g/mol. The monoisotopic (exact) mass is 194 g/mol. The van der Waals surface area contributed by atoms with Gasteiger partial charge in [0, 0.05) is 0 Å². The van der Waals surface area contributed by atoms with Crippen LogP contribution in [0.4, 0.5) is 0 Å².